The number of aromatic nitrogens is 1. The number of carboxylic acids is 1. The molecular formula is C31H29F4N3O2. The molecule has 9 heteroatoms. The van der Waals surface area contributed by atoms with Gasteiger partial charge in [0.2, 0.25) is 0 Å². The first kappa shape index (κ1) is 27.6. The Morgan fingerprint density at radius 3 is 2.58 bits per heavy atom. The van der Waals surface area contributed by atoms with Crippen LogP contribution in [-0.4, -0.2) is 35.7 Å². The number of rotatable bonds is 7. The maximum absolute atomic E-state index is 15.0. The van der Waals surface area contributed by atoms with Crippen molar-refractivity contribution < 1.29 is 27.5 Å². The van der Waals surface area contributed by atoms with Crippen molar-refractivity contribution >= 4 is 22.6 Å². The first-order chi connectivity index (χ1) is 19.1. The molecule has 0 amide bonds. The summed E-state index contributed by atoms with van der Waals surface area (Å²) < 4.78 is 56.0. The molecule has 1 aliphatic heterocycles. The topological polar surface area (TPSA) is 65.5 Å². The highest BCUT2D eigenvalue weighted by atomic mass is 19.4. The van der Waals surface area contributed by atoms with Gasteiger partial charge in [-0.3, -0.25) is 0 Å². The highest BCUT2D eigenvalue weighted by Gasteiger charge is 2.38. The third-order valence-electron chi connectivity index (χ3n) is 7.79. The fourth-order valence-corrected chi connectivity index (χ4v) is 5.67. The molecular weight excluding hydrogens is 522 g/mol. The predicted molar refractivity (Wildman–Crippen MR) is 146 cm³/mol. The Bertz CT molecular complexity index is 1520. The number of carboxylic acid groups (broad SMARTS) is 1. The number of anilines is 1. The molecule has 0 spiro atoms. The second kappa shape index (κ2) is 11.3. The summed E-state index contributed by atoms with van der Waals surface area (Å²) in [6, 6.07) is 21.6. The van der Waals surface area contributed by atoms with E-state index in [2.05, 4.69) is 41.5 Å². The van der Waals surface area contributed by atoms with E-state index in [9.17, 15) is 23.1 Å². The average molecular weight is 552 g/mol. The zero-order valence-corrected chi connectivity index (χ0v) is 21.8. The van der Waals surface area contributed by atoms with Gasteiger partial charge in [0.15, 0.2) is 0 Å². The monoisotopic (exact) mass is 551 g/mol. The van der Waals surface area contributed by atoms with Gasteiger partial charge in [-0.25, -0.2) is 14.2 Å². The third kappa shape index (κ3) is 5.65. The van der Waals surface area contributed by atoms with Crippen LogP contribution >= 0.6 is 0 Å². The minimum absolute atomic E-state index is 0.00551. The van der Waals surface area contributed by atoms with Gasteiger partial charge in [-0.1, -0.05) is 60.7 Å². The predicted octanol–water partition coefficient (Wildman–Crippen LogP) is 7.05. The smallest absolute Gasteiger partial charge is 0.417 e. The number of halogens is 4. The van der Waals surface area contributed by atoms with Crippen LogP contribution in [0.2, 0.25) is 0 Å². The van der Waals surface area contributed by atoms with Gasteiger partial charge in [0, 0.05) is 31.2 Å². The van der Waals surface area contributed by atoms with Crippen LogP contribution in [0, 0.1) is 11.7 Å². The quantitative estimate of drug-likeness (QED) is 0.241. The molecule has 40 heavy (non-hydrogen) atoms. The number of hydrogen-bond acceptors (Lipinski definition) is 4. The van der Waals surface area contributed by atoms with E-state index in [1.807, 2.05) is 18.2 Å². The lowest BCUT2D eigenvalue weighted by Crippen LogP contribution is -2.43. The van der Waals surface area contributed by atoms with Crippen LogP contribution in [-0.2, 0) is 6.18 Å². The lowest BCUT2D eigenvalue weighted by atomic mass is 9.80. The van der Waals surface area contributed by atoms with E-state index >= 15 is 4.39 Å². The van der Waals surface area contributed by atoms with Gasteiger partial charge in [-0.05, 0) is 59.8 Å². The van der Waals surface area contributed by atoms with Crippen LogP contribution in [0.25, 0.3) is 10.8 Å². The van der Waals surface area contributed by atoms with Crippen molar-refractivity contribution in [2.24, 2.45) is 5.92 Å². The Hall–Kier alpha value is -3.98. The summed E-state index contributed by atoms with van der Waals surface area (Å²) in [5.74, 6) is -2.36. The molecule has 5 rings (SSSR count). The number of nitrogens with zero attached hydrogens (tertiary/aromatic N) is 2. The second-order valence-corrected chi connectivity index (χ2v) is 10.2. The number of nitrogens with one attached hydrogen (secondary N) is 1. The number of alkyl halides is 3. The molecule has 208 valence electrons. The minimum Gasteiger partial charge on any atom is -0.478 e. The zero-order chi connectivity index (χ0) is 28.4. The van der Waals surface area contributed by atoms with Crippen molar-refractivity contribution in [1.29, 1.82) is 0 Å². The number of fused-ring (bicyclic) bond motifs is 1. The van der Waals surface area contributed by atoms with Crippen LogP contribution in [0.5, 0.6) is 0 Å². The normalized spacial score (nSPS) is 18.6. The van der Waals surface area contributed by atoms with E-state index in [0.717, 1.165) is 28.6 Å². The largest absolute Gasteiger partial charge is 0.478 e. The molecule has 1 aliphatic rings. The first-order valence-electron chi connectivity index (χ1n) is 13.1. The SMILES string of the molecule is C[C@@H](NCC1CCN(c2cc(C(F)(F)F)c(C(=O)O)cn2)CC1c1ccccc1F)c1cccc2ccccc12. The highest BCUT2D eigenvalue weighted by Crippen LogP contribution is 2.38. The van der Waals surface area contributed by atoms with Crippen LogP contribution in [0.1, 0.15) is 52.4 Å². The van der Waals surface area contributed by atoms with Crippen molar-refractivity contribution in [3.63, 3.8) is 0 Å². The molecule has 3 aromatic carbocycles. The second-order valence-electron chi connectivity index (χ2n) is 10.2. The van der Waals surface area contributed by atoms with Crippen molar-refractivity contribution in [2.75, 3.05) is 24.5 Å². The van der Waals surface area contributed by atoms with Crippen molar-refractivity contribution in [2.45, 2.75) is 31.5 Å². The molecule has 1 fully saturated rings. The van der Waals surface area contributed by atoms with E-state index in [0.29, 0.717) is 25.1 Å². The van der Waals surface area contributed by atoms with Crippen molar-refractivity contribution in [1.82, 2.24) is 10.3 Å². The fourth-order valence-electron chi connectivity index (χ4n) is 5.67. The number of hydrogen-bond donors (Lipinski definition) is 2. The van der Waals surface area contributed by atoms with Gasteiger partial charge in [-0.2, -0.15) is 13.2 Å². The van der Waals surface area contributed by atoms with Gasteiger partial charge in [0.1, 0.15) is 11.6 Å². The molecule has 0 saturated carbocycles. The van der Waals surface area contributed by atoms with Crippen LogP contribution in [0.4, 0.5) is 23.4 Å². The molecule has 0 radical (unpaired) electrons. The van der Waals surface area contributed by atoms with Crippen LogP contribution < -0.4 is 10.2 Å². The summed E-state index contributed by atoms with van der Waals surface area (Å²) >= 11 is 0. The molecule has 2 heterocycles. The Kier molecular flexibility index (Phi) is 7.76. The fraction of sp³-hybridized carbons (Fsp3) is 0.290. The highest BCUT2D eigenvalue weighted by molar-refractivity contribution is 5.89. The lowest BCUT2D eigenvalue weighted by molar-refractivity contribution is -0.138. The summed E-state index contributed by atoms with van der Waals surface area (Å²) in [6.07, 6.45) is -3.52. The molecule has 1 saturated heterocycles. The molecule has 0 bridgehead atoms. The van der Waals surface area contributed by atoms with Crippen LogP contribution in [0.15, 0.2) is 79.0 Å². The van der Waals surface area contributed by atoms with E-state index < -0.39 is 23.3 Å². The minimum atomic E-state index is -4.85. The van der Waals surface area contributed by atoms with Crippen molar-refractivity contribution in [3.05, 3.63) is 107 Å². The van der Waals surface area contributed by atoms with E-state index in [-0.39, 0.29) is 36.1 Å². The summed E-state index contributed by atoms with van der Waals surface area (Å²) in [7, 11) is 0. The van der Waals surface area contributed by atoms with E-state index in [4.69, 9.17) is 0 Å². The first-order valence-corrected chi connectivity index (χ1v) is 13.1. The van der Waals surface area contributed by atoms with Gasteiger partial charge in [0.25, 0.3) is 0 Å². The number of carbonyl (C=O) groups is 1. The molecule has 1 aromatic heterocycles. The van der Waals surface area contributed by atoms with E-state index in [1.165, 1.54) is 6.07 Å². The average Bonchev–Trinajstić information content (AvgIpc) is 2.95. The maximum Gasteiger partial charge on any atom is 0.417 e. The van der Waals surface area contributed by atoms with Crippen molar-refractivity contribution in [3.8, 4) is 0 Å². The number of piperidine rings is 1. The summed E-state index contributed by atoms with van der Waals surface area (Å²) in [4.78, 5) is 17.1. The summed E-state index contributed by atoms with van der Waals surface area (Å²) in [5.41, 5.74) is -0.501. The van der Waals surface area contributed by atoms with Gasteiger partial charge < -0.3 is 15.3 Å². The zero-order valence-electron chi connectivity index (χ0n) is 21.8. The number of aromatic carboxylic acids is 1. The Morgan fingerprint density at radius 2 is 1.82 bits per heavy atom. The number of pyridine rings is 1. The third-order valence-corrected chi connectivity index (χ3v) is 7.79. The van der Waals surface area contributed by atoms with Gasteiger partial charge in [-0.15, -0.1) is 0 Å². The van der Waals surface area contributed by atoms with E-state index in [1.54, 1.807) is 23.1 Å². The van der Waals surface area contributed by atoms with Gasteiger partial charge >= 0.3 is 12.1 Å². The number of benzene rings is 3. The Labute approximate surface area is 229 Å². The lowest BCUT2D eigenvalue weighted by Gasteiger charge is -2.40. The molecule has 3 atom stereocenters. The summed E-state index contributed by atoms with van der Waals surface area (Å²) in [5, 5.41) is 15.1. The maximum atomic E-state index is 15.0. The van der Waals surface area contributed by atoms with Gasteiger partial charge in [0.05, 0.1) is 11.1 Å². The Balaban J connectivity index is 1.40. The molecule has 4 aromatic rings. The molecule has 0 aliphatic carbocycles. The van der Waals surface area contributed by atoms with Crippen LogP contribution in [0.3, 0.4) is 0 Å². The Morgan fingerprint density at radius 1 is 1.10 bits per heavy atom. The summed E-state index contributed by atoms with van der Waals surface area (Å²) in [6.45, 7) is 3.31. The molecule has 2 N–H and O–H groups in total. The molecule has 2 unspecified atom stereocenters. The molecule has 5 nitrogen and oxygen atoms in total. The standard InChI is InChI=1S/C31H29F4N3O2/c1-19(22-11-6-8-20-7-2-3-9-23(20)22)36-16-21-13-14-38(18-26(21)24-10-4-5-12-28(24)32)29-15-27(31(33,34)35)25(17-37-29)30(39)40/h2-12,15,17,19,21,26,36H,13-14,16,18H2,1H3,(H,39,40)/t19-,21?,26?/m1/s1.